The van der Waals surface area contributed by atoms with Gasteiger partial charge in [-0.1, -0.05) is 37.3 Å². The SMILES string of the molecule is CC[C@]1(c2ccccc2)NC(=O)N(CC(=O)OCC(=O)c2ccc(F)cc2)C1=O. The number of hydrogen-bond acceptors (Lipinski definition) is 5. The number of hydrogen-bond donors (Lipinski definition) is 1. The quantitative estimate of drug-likeness (QED) is 0.439. The number of urea groups is 1. The third kappa shape index (κ3) is 4.01. The summed E-state index contributed by atoms with van der Waals surface area (Å²) in [6.45, 7) is 0.566. The van der Waals surface area contributed by atoms with Crippen molar-refractivity contribution < 1.29 is 28.3 Å². The Bertz CT molecular complexity index is 945. The monoisotopic (exact) mass is 398 g/mol. The number of imide groups is 1. The summed E-state index contributed by atoms with van der Waals surface area (Å²) in [4.78, 5) is 50.2. The smallest absolute Gasteiger partial charge is 0.326 e. The number of benzene rings is 2. The number of carbonyl (C=O) groups is 4. The zero-order chi connectivity index (χ0) is 21.0. The Morgan fingerprint density at radius 2 is 1.72 bits per heavy atom. The van der Waals surface area contributed by atoms with Crippen LogP contribution in [0.25, 0.3) is 0 Å². The lowest BCUT2D eigenvalue weighted by molar-refractivity contribution is -0.147. The van der Waals surface area contributed by atoms with Crippen LogP contribution in [0.5, 0.6) is 0 Å². The average Bonchev–Trinajstić information content (AvgIpc) is 2.98. The number of nitrogens with one attached hydrogen (secondary N) is 1. The molecule has 0 radical (unpaired) electrons. The number of carbonyl (C=O) groups excluding carboxylic acids is 4. The van der Waals surface area contributed by atoms with Gasteiger partial charge in [-0.25, -0.2) is 9.18 Å². The molecule has 150 valence electrons. The van der Waals surface area contributed by atoms with Crippen LogP contribution in [-0.4, -0.2) is 41.7 Å². The first-order chi connectivity index (χ1) is 13.9. The van der Waals surface area contributed by atoms with Crippen LogP contribution >= 0.6 is 0 Å². The van der Waals surface area contributed by atoms with E-state index < -0.39 is 48.2 Å². The first-order valence-corrected chi connectivity index (χ1v) is 9.01. The Hall–Kier alpha value is -3.55. The Kier molecular flexibility index (Phi) is 5.72. The average molecular weight is 398 g/mol. The Morgan fingerprint density at radius 3 is 2.34 bits per heavy atom. The van der Waals surface area contributed by atoms with Gasteiger partial charge in [0, 0.05) is 5.56 Å². The van der Waals surface area contributed by atoms with Crippen LogP contribution in [0.15, 0.2) is 54.6 Å². The van der Waals surface area contributed by atoms with Crippen molar-refractivity contribution in [2.75, 3.05) is 13.2 Å². The molecule has 3 amide bonds. The number of amides is 3. The zero-order valence-electron chi connectivity index (χ0n) is 15.7. The molecule has 0 bridgehead atoms. The lowest BCUT2D eigenvalue weighted by Crippen LogP contribution is -2.44. The van der Waals surface area contributed by atoms with E-state index in [0.29, 0.717) is 12.0 Å². The second-order valence-corrected chi connectivity index (χ2v) is 6.54. The second kappa shape index (κ2) is 8.22. The fraction of sp³-hybridized carbons (Fsp3) is 0.238. The number of nitrogens with zero attached hydrogens (tertiary/aromatic N) is 1. The van der Waals surface area contributed by atoms with E-state index in [9.17, 15) is 23.6 Å². The van der Waals surface area contributed by atoms with Crippen molar-refractivity contribution in [3.8, 4) is 0 Å². The van der Waals surface area contributed by atoms with E-state index >= 15 is 0 Å². The molecule has 0 spiro atoms. The third-order valence-electron chi connectivity index (χ3n) is 4.79. The molecule has 1 atom stereocenters. The van der Waals surface area contributed by atoms with Crippen molar-refractivity contribution >= 4 is 23.7 Å². The van der Waals surface area contributed by atoms with Crippen LogP contribution < -0.4 is 5.32 Å². The fourth-order valence-electron chi connectivity index (χ4n) is 3.17. The maximum atomic E-state index is 12.9. The standard InChI is InChI=1S/C21H19FN2O5/c1-2-21(15-6-4-3-5-7-15)19(27)24(20(28)23-21)12-18(26)29-13-17(25)14-8-10-16(22)11-9-14/h3-11H,2,12-13H2,1H3,(H,23,28)/t21-/m1/s1. The van der Waals surface area contributed by atoms with Crippen molar-refractivity contribution in [1.82, 2.24) is 10.2 Å². The lowest BCUT2D eigenvalue weighted by Gasteiger charge is -2.25. The van der Waals surface area contributed by atoms with Crippen molar-refractivity contribution in [2.24, 2.45) is 0 Å². The molecular weight excluding hydrogens is 379 g/mol. The van der Waals surface area contributed by atoms with E-state index in [0.717, 1.165) is 17.0 Å². The lowest BCUT2D eigenvalue weighted by atomic mass is 9.87. The van der Waals surface area contributed by atoms with Gasteiger partial charge in [-0.15, -0.1) is 0 Å². The molecule has 0 saturated carbocycles. The van der Waals surface area contributed by atoms with Crippen LogP contribution in [0.2, 0.25) is 0 Å². The number of ketones is 1. The van der Waals surface area contributed by atoms with Gasteiger partial charge in [0.2, 0.25) is 0 Å². The van der Waals surface area contributed by atoms with Gasteiger partial charge in [-0.2, -0.15) is 0 Å². The molecule has 3 rings (SSSR count). The van der Waals surface area contributed by atoms with E-state index in [1.165, 1.54) is 12.1 Å². The summed E-state index contributed by atoms with van der Waals surface area (Å²) in [6.07, 6.45) is 0.302. The predicted octanol–water partition coefficient (Wildman–Crippen LogP) is 2.41. The number of Topliss-reactive ketones (excluding diaryl/α,β-unsaturated/α-hetero) is 1. The first kappa shape index (κ1) is 20.2. The van der Waals surface area contributed by atoms with Gasteiger partial charge in [-0.05, 0) is 36.2 Å². The molecule has 1 heterocycles. The van der Waals surface area contributed by atoms with E-state index in [4.69, 9.17) is 4.74 Å². The van der Waals surface area contributed by atoms with Gasteiger partial charge in [-0.3, -0.25) is 19.3 Å². The zero-order valence-corrected chi connectivity index (χ0v) is 15.7. The van der Waals surface area contributed by atoms with E-state index in [2.05, 4.69) is 5.32 Å². The van der Waals surface area contributed by atoms with Crippen molar-refractivity contribution in [3.63, 3.8) is 0 Å². The van der Waals surface area contributed by atoms with Gasteiger partial charge in [0.25, 0.3) is 5.91 Å². The summed E-state index contributed by atoms with van der Waals surface area (Å²) in [6, 6.07) is 12.8. The number of ether oxygens (including phenoxy) is 1. The summed E-state index contributed by atoms with van der Waals surface area (Å²) in [5, 5.41) is 2.66. The Morgan fingerprint density at radius 1 is 1.07 bits per heavy atom. The van der Waals surface area contributed by atoms with E-state index in [1.807, 2.05) is 0 Å². The van der Waals surface area contributed by atoms with Crippen LogP contribution in [0.1, 0.15) is 29.3 Å². The molecule has 29 heavy (non-hydrogen) atoms. The maximum Gasteiger partial charge on any atom is 0.326 e. The fourth-order valence-corrected chi connectivity index (χ4v) is 3.17. The molecule has 8 heteroatoms. The second-order valence-electron chi connectivity index (χ2n) is 6.54. The molecule has 1 fully saturated rings. The number of esters is 1. The first-order valence-electron chi connectivity index (χ1n) is 9.01. The van der Waals surface area contributed by atoms with Gasteiger partial charge >= 0.3 is 12.0 Å². The minimum absolute atomic E-state index is 0.184. The molecule has 1 saturated heterocycles. The Balaban J connectivity index is 1.64. The van der Waals surface area contributed by atoms with Crippen LogP contribution in [0.3, 0.4) is 0 Å². The minimum atomic E-state index is -1.25. The van der Waals surface area contributed by atoms with Crippen molar-refractivity contribution in [2.45, 2.75) is 18.9 Å². The minimum Gasteiger partial charge on any atom is -0.456 e. The highest BCUT2D eigenvalue weighted by Gasteiger charge is 2.51. The van der Waals surface area contributed by atoms with Gasteiger partial charge in [0.1, 0.15) is 17.9 Å². The molecule has 2 aromatic carbocycles. The molecule has 2 aromatic rings. The normalized spacial score (nSPS) is 18.5. The summed E-state index contributed by atoms with van der Waals surface area (Å²) in [5.74, 6) is -2.47. The highest BCUT2D eigenvalue weighted by molar-refractivity contribution is 6.09. The highest BCUT2D eigenvalue weighted by atomic mass is 19.1. The number of rotatable bonds is 7. The number of halogens is 1. The molecule has 1 N–H and O–H groups in total. The van der Waals surface area contributed by atoms with Crippen LogP contribution in [-0.2, 0) is 19.9 Å². The van der Waals surface area contributed by atoms with Gasteiger partial charge in [0.05, 0.1) is 0 Å². The van der Waals surface area contributed by atoms with Crippen molar-refractivity contribution in [3.05, 3.63) is 71.5 Å². The van der Waals surface area contributed by atoms with Crippen molar-refractivity contribution in [1.29, 1.82) is 0 Å². The van der Waals surface area contributed by atoms with Gasteiger partial charge in [0.15, 0.2) is 12.4 Å². The molecule has 0 aromatic heterocycles. The van der Waals surface area contributed by atoms with Crippen LogP contribution in [0.4, 0.5) is 9.18 Å². The van der Waals surface area contributed by atoms with E-state index in [-0.39, 0.29) is 5.56 Å². The predicted molar refractivity (Wildman–Crippen MR) is 100 cm³/mol. The van der Waals surface area contributed by atoms with Gasteiger partial charge < -0.3 is 10.1 Å². The molecule has 0 unspecified atom stereocenters. The molecule has 7 nitrogen and oxygen atoms in total. The third-order valence-corrected chi connectivity index (χ3v) is 4.79. The van der Waals surface area contributed by atoms with Crippen LogP contribution in [0, 0.1) is 5.82 Å². The maximum absolute atomic E-state index is 12.9. The Labute approximate surface area is 166 Å². The highest BCUT2D eigenvalue weighted by Crippen LogP contribution is 2.32. The molecule has 1 aliphatic rings. The summed E-state index contributed by atoms with van der Waals surface area (Å²) in [5.41, 5.74) is -0.450. The molecular formula is C21H19FN2O5. The molecule has 0 aliphatic carbocycles. The topological polar surface area (TPSA) is 92.8 Å². The van der Waals surface area contributed by atoms with E-state index in [1.54, 1.807) is 37.3 Å². The summed E-state index contributed by atoms with van der Waals surface area (Å²) >= 11 is 0. The molecule has 1 aliphatic heterocycles. The summed E-state index contributed by atoms with van der Waals surface area (Å²) in [7, 11) is 0. The summed E-state index contributed by atoms with van der Waals surface area (Å²) < 4.78 is 17.8. The largest absolute Gasteiger partial charge is 0.456 e.